The van der Waals surface area contributed by atoms with E-state index in [0.717, 1.165) is 19.3 Å². The highest BCUT2D eigenvalue weighted by Gasteiger charge is 2.31. The lowest BCUT2D eigenvalue weighted by atomic mass is 9.82. The lowest BCUT2D eigenvalue weighted by Gasteiger charge is -2.26. The average molecular weight is 417 g/mol. The van der Waals surface area contributed by atoms with E-state index in [0.29, 0.717) is 18.8 Å². The highest BCUT2D eigenvalue weighted by molar-refractivity contribution is 5.94. The molecule has 0 saturated heterocycles. The molecule has 3 atom stereocenters. The molecule has 1 saturated carbocycles. The van der Waals surface area contributed by atoms with Gasteiger partial charge in [-0.05, 0) is 43.7 Å². The second-order valence-electron chi connectivity index (χ2n) is 8.52. The molecule has 0 unspecified atom stereocenters. The number of hydrogen-bond acceptors (Lipinski definition) is 6. The van der Waals surface area contributed by atoms with Crippen LogP contribution in [0.15, 0.2) is 24.5 Å². The van der Waals surface area contributed by atoms with Crippen LogP contribution in [0.4, 0.5) is 0 Å². The normalized spacial score (nSPS) is 18.5. The van der Waals surface area contributed by atoms with E-state index >= 15 is 0 Å². The van der Waals surface area contributed by atoms with Crippen LogP contribution in [-0.4, -0.2) is 41.1 Å². The first-order valence-corrected chi connectivity index (χ1v) is 10.7. The molecule has 1 fully saturated rings. The first-order valence-electron chi connectivity index (χ1n) is 10.7. The van der Waals surface area contributed by atoms with Crippen molar-refractivity contribution in [1.82, 2.24) is 10.3 Å². The summed E-state index contributed by atoms with van der Waals surface area (Å²) < 4.78 is 5.13. The largest absolute Gasteiger partial charge is 0.454 e. The smallest absolute Gasteiger partial charge is 0.340 e. The zero-order valence-corrected chi connectivity index (χ0v) is 18.1. The second kappa shape index (κ2) is 11.6. The average Bonchev–Trinajstić information content (AvgIpc) is 2.72. The summed E-state index contributed by atoms with van der Waals surface area (Å²) in [5.41, 5.74) is 0.249. The number of esters is 1. The van der Waals surface area contributed by atoms with Crippen LogP contribution in [-0.2, 0) is 19.1 Å². The molecule has 1 N–H and O–H groups in total. The maximum atomic E-state index is 12.8. The Morgan fingerprint density at radius 1 is 1.23 bits per heavy atom. The van der Waals surface area contributed by atoms with E-state index in [-0.39, 0.29) is 35.5 Å². The molecule has 1 amide bonds. The molecular weight excluding hydrogens is 384 g/mol. The van der Waals surface area contributed by atoms with Crippen molar-refractivity contribution in [2.45, 2.75) is 65.3 Å². The first kappa shape index (κ1) is 23.7. The van der Waals surface area contributed by atoms with Crippen molar-refractivity contribution < 1.29 is 23.9 Å². The minimum absolute atomic E-state index is 0.135. The number of aromatic nitrogens is 1. The number of Topliss-reactive ketones (excluding diaryl/α,β-unsaturated/α-hetero) is 2. The number of carbonyl (C=O) groups is 4. The summed E-state index contributed by atoms with van der Waals surface area (Å²) in [6, 6.07) is 2.31. The molecule has 0 radical (unpaired) electrons. The van der Waals surface area contributed by atoms with E-state index in [1.807, 2.05) is 20.8 Å². The van der Waals surface area contributed by atoms with Gasteiger partial charge in [-0.3, -0.25) is 19.4 Å². The Kier molecular flexibility index (Phi) is 9.15. The number of ether oxygens (including phenoxy) is 1. The third-order valence-electron chi connectivity index (χ3n) is 5.42. The second-order valence-corrected chi connectivity index (χ2v) is 8.52. The number of pyridine rings is 1. The van der Waals surface area contributed by atoms with Gasteiger partial charge in [-0.1, -0.05) is 27.2 Å². The quantitative estimate of drug-likeness (QED) is 0.588. The Hall–Kier alpha value is -2.57. The fraction of sp³-hybridized carbons (Fsp3) is 0.609. The first-order chi connectivity index (χ1) is 14.3. The predicted octanol–water partition coefficient (Wildman–Crippen LogP) is 3.12. The van der Waals surface area contributed by atoms with Crippen LogP contribution >= 0.6 is 0 Å². The molecule has 1 aromatic rings. The van der Waals surface area contributed by atoms with Crippen molar-refractivity contribution in [3.8, 4) is 0 Å². The summed E-state index contributed by atoms with van der Waals surface area (Å²) in [6.45, 7) is 5.43. The lowest BCUT2D eigenvalue weighted by Crippen LogP contribution is -2.46. The monoisotopic (exact) mass is 416 g/mol. The molecule has 1 aliphatic carbocycles. The number of hydrogen-bond donors (Lipinski definition) is 1. The summed E-state index contributed by atoms with van der Waals surface area (Å²) >= 11 is 0. The van der Waals surface area contributed by atoms with Gasteiger partial charge in [0.05, 0.1) is 11.6 Å². The standard InChI is InChI=1S/C23H32N2O5/c1-15(2)11-16(3)22(28)25-19(12-17-7-4-5-9-20(17)26)21(27)14-30-23(29)18-8-6-10-24-13-18/h6,8,10,13,15-17,19H,4-5,7,9,11-12,14H2,1-3H3,(H,25,28)/t16-,17-,19-/m0/s1. The summed E-state index contributed by atoms with van der Waals surface area (Å²) in [5, 5.41) is 2.81. The molecule has 7 nitrogen and oxygen atoms in total. The summed E-state index contributed by atoms with van der Waals surface area (Å²) in [4.78, 5) is 53.7. The van der Waals surface area contributed by atoms with E-state index in [2.05, 4.69) is 10.3 Å². The van der Waals surface area contributed by atoms with E-state index in [9.17, 15) is 19.2 Å². The van der Waals surface area contributed by atoms with Crippen LogP contribution in [0.25, 0.3) is 0 Å². The Bertz CT molecular complexity index is 747. The van der Waals surface area contributed by atoms with Crippen molar-refractivity contribution in [2.75, 3.05) is 6.61 Å². The predicted molar refractivity (Wildman–Crippen MR) is 112 cm³/mol. The summed E-state index contributed by atoms with van der Waals surface area (Å²) in [6.07, 6.45) is 6.88. The summed E-state index contributed by atoms with van der Waals surface area (Å²) in [5.74, 6) is -1.29. The van der Waals surface area contributed by atoms with Crippen LogP contribution in [0.5, 0.6) is 0 Å². The van der Waals surface area contributed by atoms with Gasteiger partial charge in [-0.15, -0.1) is 0 Å². The van der Waals surface area contributed by atoms with Gasteiger partial charge in [-0.25, -0.2) is 4.79 Å². The van der Waals surface area contributed by atoms with Crippen LogP contribution in [0.3, 0.4) is 0 Å². The van der Waals surface area contributed by atoms with Crippen molar-refractivity contribution >= 4 is 23.4 Å². The maximum Gasteiger partial charge on any atom is 0.340 e. The van der Waals surface area contributed by atoms with Crippen molar-refractivity contribution in [3.05, 3.63) is 30.1 Å². The van der Waals surface area contributed by atoms with Gasteiger partial charge >= 0.3 is 5.97 Å². The van der Waals surface area contributed by atoms with Gasteiger partial charge in [-0.2, -0.15) is 0 Å². The van der Waals surface area contributed by atoms with Crippen LogP contribution in [0.1, 0.15) is 69.7 Å². The number of nitrogens with one attached hydrogen (secondary N) is 1. The number of carbonyl (C=O) groups excluding carboxylic acids is 4. The molecule has 0 aliphatic heterocycles. The Morgan fingerprint density at radius 2 is 2.00 bits per heavy atom. The molecule has 1 heterocycles. The van der Waals surface area contributed by atoms with Gasteiger partial charge in [0.1, 0.15) is 5.78 Å². The fourth-order valence-electron chi connectivity index (χ4n) is 3.79. The molecular formula is C23H32N2O5. The molecule has 1 aliphatic rings. The van der Waals surface area contributed by atoms with Crippen LogP contribution in [0, 0.1) is 17.8 Å². The minimum Gasteiger partial charge on any atom is -0.454 e. The van der Waals surface area contributed by atoms with Gasteiger partial charge in [0.2, 0.25) is 5.91 Å². The van der Waals surface area contributed by atoms with E-state index < -0.39 is 24.4 Å². The number of ketones is 2. The fourth-order valence-corrected chi connectivity index (χ4v) is 3.79. The van der Waals surface area contributed by atoms with Crippen LogP contribution in [0.2, 0.25) is 0 Å². The zero-order chi connectivity index (χ0) is 22.1. The van der Waals surface area contributed by atoms with Gasteiger partial charge in [0, 0.05) is 30.7 Å². The molecule has 0 aromatic carbocycles. The topological polar surface area (TPSA) is 102 Å². The maximum absolute atomic E-state index is 12.8. The van der Waals surface area contributed by atoms with Crippen molar-refractivity contribution in [1.29, 1.82) is 0 Å². The molecule has 2 rings (SSSR count). The zero-order valence-electron chi connectivity index (χ0n) is 18.1. The highest BCUT2D eigenvalue weighted by Crippen LogP contribution is 2.25. The van der Waals surface area contributed by atoms with E-state index in [4.69, 9.17) is 4.74 Å². The van der Waals surface area contributed by atoms with Crippen molar-refractivity contribution in [3.63, 3.8) is 0 Å². The third kappa shape index (κ3) is 7.35. The van der Waals surface area contributed by atoms with Crippen LogP contribution < -0.4 is 5.32 Å². The molecule has 164 valence electrons. The molecule has 0 spiro atoms. The van der Waals surface area contributed by atoms with Gasteiger partial charge in [0.25, 0.3) is 0 Å². The minimum atomic E-state index is -0.846. The SMILES string of the molecule is CC(C)C[C@H](C)C(=O)N[C@@H](C[C@@H]1CCCCC1=O)C(=O)COC(=O)c1cccnc1. The third-order valence-corrected chi connectivity index (χ3v) is 5.42. The number of nitrogens with zero attached hydrogens (tertiary/aromatic N) is 1. The Morgan fingerprint density at radius 3 is 2.63 bits per heavy atom. The Labute approximate surface area is 178 Å². The Balaban J connectivity index is 2.03. The molecule has 1 aromatic heterocycles. The van der Waals surface area contributed by atoms with Gasteiger partial charge in [0.15, 0.2) is 12.4 Å². The molecule has 7 heteroatoms. The molecule has 0 bridgehead atoms. The lowest BCUT2D eigenvalue weighted by molar-refractivity contribution is -0.133. The van der Waals surface area contributed by atoms with E-state index in [1.54, 1.807) is 12.1 Å². The van der Waals surface area contributed by atoms with Crippen molar-refractivity contribution in [2.24, 2.45) is 17.8 Å². The van der Waals surface area contributed by atoms with E-state index in [1.165, 1.54) is 12.4 Å². The number of rotatable bonds is 10. The van der Waals surface area contributed by atoms with Gasteiger partial charge < -0.3 is 10.1 Å². The number of amides is 1. The molecule has 30 heavy (non-hydrogen) atoms. The summed E-state index contributed by atoms with van der Waals surface area (Å²) in [7, 11) is 0. The highest BCUT2D eigenvalue weighted by atomic mass is 16.5.